The standard InChI is InChI=1S/C13H22ClN5O/c1-3-7-19(9-10-5-4-6-15-8-10)12-16-11(14)17-13(18-12)20-2/h10,15H,3-9H2,1-2H3. The van der Waals surface area contributed by atoms with E-state index in [9.17, 15) is 0 Å². The minimum atomic E-state index is 0.176. The molecule has 20 heavy (non-hydrogen) atoms. The van der Waals surface area contributed by atoms with Crippen LogP contribution in [0, 0.1) is 5.92 Å². The van der Waals surface area contributed by atoms with Gasteiger partial charge in [-0.15, -0.1) is 0 Å². The van der Waals surface area contributed by atoms with Crippen LogP contribution in [0.2, 0.25) is 5.28 Å². The van der Waals surface area contributed by atoms with Crippen molar-refractivity contribution in [3.8, 4) is 6.01 Å². The van der Waals surface area contributed by atoms with E-state index in [0.717, 1.165) is 32.6 Å². The molecule has 1 atom stereocenters. The molecule has 6 nitrogen and oxygen atoms in total. The summed E-state index contributed by atoms with van der Waals surface area (Å²) in [5.41, 5.74) is 0. The second-order valence-corrected chi connectivity index (χ2v) is 5.39. The molecular weight excluding hydrogens is 278 g/mol. The number of nitrogens with zero attached hydrogens (tertiary/aromatic N) is 4. The number of piperidine rings is 1. The number of hydrogen-bond donors (Lipinski definition) is 1. The summed E-state index contributed by atoms with van der Waals surface area (Å²) in [5, 5.41) is 3.61. The van der Waals surface area contributed by atoms with Crippen LogP contribution in [-0.4, -0.2) is 48.2 Å². The molecule has 1 fully saturated rings. The van der Waals surface area contributed by atoms with Gasteiger partial charge in [-0.2, -0.15) is 15.0 Å². The fraction of sp³-hybridized carbons (Fsp3) is 0.769. The van der Waals surface area contributed by atoms with Crippen molar-refractivity contribution in [3.05, 3.63) is 5.28 Å². The Morgan fingerprint density at radius 1 is 1.40 bits per heavy atom. The Morgan fingerprint density at radius 2 is 2.25 bits per heavy atom. The largest absolute Gasteiger partial charge is 0.467 e. The van der Waals surface area contributed by atoms with Crippen molar-refractivity contribution in [2.24, 2.45) is 5.92 Å². The third kappa shape index (κ3) is 4.18. The number of ether oxygens (including phenoxy) is 1. The van der Waals surface area contributed by atoms with E-state index >= 15 is 0 Å². The summed E-state index contributed by atoms with van der Waals surface area (Å²) in [6.45, 7) is 6.16. The first-order valence-electron chi connectivity index (χ1n) is 7.14. The molecule has 0 radical (unpaired) electrons. The number of nitrogens with one attached hydrogen (secondary N) is 1. The lowest BCUT2D eigenvalue weighted by molar-refractivity contribution is 0.368. The van der Waals surface area contributed by atoms with Gasteiger partial charge in [-0.05, 0) is 49.9 Å². The molecule has 0 bridgehead atoms. The summed E-state index contributed by atoms with van der Waals surface area (Å²) >= 11 is 5.93. The Kier molecular flexibility index (Phi) is 5.79. The molecule has 1 aromatic heterocycles. The second kappa shape index (κ2) is 7.59. The summed E-state index contributed by atoms with van der Waals surface area (Å²) in [5.74, 6) is 1.23. The molecule has 112 valence electrons. The summed E-state index contributed by atoms with van der Waals surface area (Å²) in [6.07, 6.45) is 3.50. The van der Waals surface area contributed by atoms with Crippen molar-refractivity contribution in [2.45, 2.75) is 26.2 Å². The van der Waals surface area contributed by atoms with Crippen molar-refractivity contribution in [1.29, 1.82) is 0 Å². The van der Waals surface area contributed by atoms with E-state index < -0.39 is 0 Å². The first kappa shape index (κ1) is 15.3. The van der Waals surface area contributed by atoms with Crippen molar-refractivity contribution >= 4 is 17.5 Å². The molecule has 1 aromatic rings. The lowest BCUT2D eigenvalue weighted by atomic mass is 9.99. The Bertz CT molecular complexity index is 425. The highest BCUT2D eigenvalue weighted by molar-refractivity contribution is 6.28. The van der Waals surface area contributed by atoms with Gasteiger partial charge >= 0.3 is 6.01 Å². The number of rotatable bonds is 6. The normalized spacial score (nSPS) is 18.9. The van der Waals surface area contributed by atoms with Crippen molar-refractivity contribution < 1.29 is 4.74 Å². The van der Waals surface area contributed by atoms with Crippen LogP contribution in [0.4, 0.5) is 5.95 Å². The molecule has 1 aliphatic heterocycles. The monoisotopic (exact) mass is 299 g/mol. The molecule has 7 heteroatoms. The van der Waals surface area contributed by atoms with E-state index in [-0.39, 0.29) is 11.3 Å². The van der Waals surface area contributed by atoms with Crippen LogP contribution in [0.25, 0.3) is 0 Å². The van der Waals surface area contributed by atoms with Crippen LogP contribution in [0.5, 0.6) is 6.01 Å². The van der Waals surface area contributed by atoms with Crippen LogP contribution in [-0.2, 0) is 0 Å². The minimum Gasteiger partial charge on any atom is -0.467 e. The summed E-state index contributed by atoms with van der Waals surface area (Å²) in [7, 11) is 1.53. The molecule has 0 amide bonds. The van der Waals surface area contributed by atoms with Crippen LogP contribution in [0.1, 0.15) is 26.2 Å². The summed E-state index contributed by atoms with van der Waals surface area (Å²) in [6, 6.07) is 0.267. The number of aromatic nitrogens is 3. The Balaban J connectivity index is 2.12. The minimum absolute atomic E-state index is 0.176. The van der Waals surface area contributed by atoms with E-state index in [0.29, 0.717) is 11.9 Å². The number of halogens is 1. The third-order valence-corrected chi connectivity index (χ3v) is 3.58. The molecule has 0 saturated carbocycles. The Hall–Kier alpha value is -1.14. The molecule has 1 unspecified atom stereocenters. The fourth-order valence-corrected chi connectivity index (χ4v) is 2.64. The first-order chi connectivity index (χ1) is 9.72. The number of hydrogen-bond acceptors (Lipinski definition) is 6. The maximum Gasteiger partial charge on any atom is 0.322 e. The van der Waals surface area contributed by atoms with Crippen LogP contribution in [0.15, 0.2) is 0 Å². The fourth-order valence-electron chi connectivity index (χ4n) is 2.49. The van der Waals surface area contributed by atoms with Gasteiger partial charge in [-0.25, -0.2) is 0 Å². The average Bonchev–Trinajstić information content (AvgIpc) is 2.47. The maximum atomic E-state index is 5.93. The lowest BCUT2D eigenvalue weighted by Crippen LogP contribution is -2.39. The highest BCUT2D eigenvalue weighted by Crippen LogP contribution is 2.19. The van der Waals surface area contributed by atoms with Crippen molar-refractivity contribution in [1.82, 2.24) is 20.3 Å². The molecule has 1 N–H and O–H groups in total. The van der Waals surface area contributed by atoms with Gasteiger partial charge in [-0.1, -0.05) is 6.92 Å². The van der Waals surface area contributed by atoms with Gasteiger partial charge in [0, 0.05) is 13.1 Å². The second-order valence-electron chi connectivity index (χ2n) is 5.05. The SMILES string of the molecule is CCCN(CC1CCCNC1)c1nc(Cl)nc(OC)n1. The topological polar surface area (TPSA) is 63.2 Å². The predicted octanol–water partition coefficient (Wildman–Crippen LogP) is 1.75. The molecular formula is C13H22ClN5O. The molecule has 0 aliphatic carbocycles. The molecule has 0 spiro atoms. The van der Waals surface area contributed by atoms with E-state index in [1.807, 2.05) is 0 Å². The predicted molar refractivity (Wildman–Crippen MR) is 79.5 cm³/mol. The average molecular weight is 300 g/mol. The zero-order chi connectivity index (χ0) is 14.4. The van der Waals surface area contributed by atoms with Crippen LogP contribution in [0.3, 0.4) is 0 Å². The quantitative estimate of drug-likeness (QED) is 0.863. The van der Waals surface area contributed by atoms with Crippen LogP contribution >= 0.6 is 11.6 Å². The van der Waals surface area contributed by atoms with E-state index in [4.69, 9.17) is 16.3 Å². The zero-order valence-electron chi connectivity index (χ0n) is 12.1. The van der Waals surface area contributed by atoms with Gasteiger partial charge in [0.05, 0.1) is 7.11 Å². The Morgan fingerprint density at radius 3 is 2.90 bits per heavy atom. The number of methoxy groups -OCH3 is 1. The molecule has 2 rings (SSSR count). The van der Waals surface area contributed by atoms with E-state index in [1.165, 1.54) is 20.0 Å². The van der Waals surface area contributed by atoms with Gasteiger partial charge in [0.2, 0.25) is 11.2 Å². The molecule has 1 aliphatic rings. The number of anilines is 1. The van der Waals surface area contributed by atoms with Gasteiger partial charge in [0.15, 0.2) is 0 Å². The van der Waals surface area contributed by atoms with Gasteiger partial charge < -0.3 is 15.0 Å². The smallest absolute Gasteiger partial charge is 0.322 e. The highest BCUT2D eigenvalue weighted by atomic mass is 35.5. The van der Waals surface area contributed by atoms with Crippen LogP contribution < -0.4 is 15.0 Å². The molecule has 0 aromatic carbocycles. The first-order valence-corrected chi connectivity index (χ1v) is 7.52. The molecule has 1 saturated heterocycles. The van der Waals surface area contributed by atoms with E-state index in [1.54, 1.807) is 0 Å². The van der Waals surface area contributed by atoms with Gasteiger partial charge in [-0.3, -0.25) is 0 Å². The third-order valence-electron chi connectivity index (χ3n) is 3.41. The highest BCUT2D eigenvalue weighted by Gasteiger charge is 2.19. The van der Waals surface area contributed by atoms with Gasteiger partial charge in [0.25, 0.3) is 0 Å². The van der Waals surface area contributed by atoms with Crippen molar-refractivity contribution in [2.75, 3.05) is 38.2 Å². The maximum absolute atomic E-state index is 5.93. The Labute approximate surface area is 124 Å². The summed E-state index contributed by atoms with van der Waals surface area (Å²) in [4.78, 5) is 14.6. The van der Waals surface area contributed by atoms with E-state index in [2.05, 4.69) is 32.1 Å². The lowest BCUT2D eigenvalue weighted by Gasteiger charge is -2.30. The zero-order valence-corrected chi connectivity index (χ0v) is 12.9. The van der Waals surface area contributed by atoms with Gasteiger partial charge in [0.1, 0.15) is 0 Å². The summed E-state index contributed by atoms with van der Waals surface area (Å²) < 4.78 is 5.07. The van der Waals surface area contributed by atoms with Crippen molar-refractivity contribution in [3.63, 3.8) is 0 Å². The molecule has 2 heterocycles.